The highest BCUT2D eigenvalue weighted by atomic mass is 16.3. The van der Waals surface area contributed by atoms with Crippen molar-refractivity contribution >= 4 is 0 Å². The third-order valence-electron chi connectivity index (χ3n) is 2.67. The molecule has 2 heterocycles. The zero-order valence-electron chi connectivity index (χ0n) is 9.77. The molecule has 86 valence electrons. The summed E-state index contributed by atoms with van der Waals surface area (Å²) in [6, 6.07) is 1.86. The summed E-state index contributed by atoms with van der Waals surface area (Å²) < 4.78 is 7.20. The Hall–Kier alpha value is -1.55. The van der Waals surface area contributed by atoms with Crippen LogP contribution in [-0.4, -0.2) is 14.9 Å². The summed E-state index contributed by atoms with van der Waals surface area (Å²) in [6.45, 7) is 6.54. The predicted molar refractivity (Wildman–Crippen MR) is 60.1 cm³/mol. The standard InChI is InChI=1S/C12H16N2O2/c1-4-14-7-10(6-13-14)12(15)11-5-8(2)16-9(11)3/h5-7,12,15H,4H2,1-3H3. The lowest BCUT2D eigenvalue weighted by Gasteiger charge is -2.06. The number of aryl methyl sites for hydroxylation is 3. The summed E-state index contributed by atoms with van der Waals surface area (Å²) in [5.74, 6) is 1.57. The van der Waals surface area contributed by atoms with Crippen LogP contribution in [0.5, 0.6) is 0 Å². The first kappa shape index (κ1) is 11.0. The Morgan fingerprint density at radius 3 is 2.75 bits per heavy atom. The van der Waals surface area contributed by atoms with Gasteiger partial charge >= 0.3 is 0 Å². The Kier molecular flexibility index (Phi) is 2.83. The minimum atomic E-state index is -0.655. The molecule has 4 nitrogen and oxygen atoms in total. The first-order valence-corrected chi connectivity index (χ1v) is 5.39. The normalized spacial score (nSPS) is 13.0. The highest BCUT2D eigenvalue weighted by Crippen LogP contribution is 2.26. The first-order valence-electron chi connectivity index (χ1n) is 5.39. The van der Waals surface area contributed by atoms with Crippen molar-refractivity contribution in [2.45, 2.75) is 33.4 Å². The molecule has 0 bridgehead atoms. The molecule has 2 aromatic heterocycles. The summed E-state index contributed by atoms with van der Waals surface area (Å²) in [5, 5.41) is 14.3. The van der Waals surface area contributed by atoms with Crippen LogP contribution in [0, 0.1) is 13.8 Å². The average Bonchev–Trinajstić information content (AvgIpc) is 2.84. The maximum Gasteiger partial charge on any atom is 0.110 e. The topological polar surface area (TPSA) is 51.2 Å². The molecular formula is C12H16N2O2. The Morgan fingerprint density at radius 1 is 1.50 bits per heavy atom. The third kappa shape index (κ3) is 1.88. The maximum atomic E-state index is 10.2. The monoisotopic (exact) mass is 220 g/mol. The molecule has 1 N–H and O–H groups in total. The van der Waals surface area contributed by atoms with Gasteiger partial charge in [-0.1, -0.05) is 0 Å². The van der Waals surface area contributed by atoms with E-state index in [1.165, 1.54) is 0 Å². The Morgan fingerprint density at radius 2 is 2.25 bits per heavy atom. The van der Waals surface area contributed by atoms with Gasteiger partial charge in [0.2, 0.25) is 0 Å². The van der Waals surface area contributed by atoms with E-state index in [1.54, 1.807) is 10.9 Å². The number of rotatable bonds is 3. The molecule has 2 rings (SSSR count). The van der Waals surface area contributed by atoms with Gasteiger partial charge in [-0.15, -0.1) is 0 Å². The fraction of sp³-hybridized carbons (Fsp3) is 0.417. The van der Waals surface area contributed by atoms with Crippen molar-refractivity contribution < 1.29 is 9.52 Å². The minimum absolute atomic E-state index is 0.655. The summed E-state index contributed by atoms with van der Waals surface area (Å²) >= 11 is 0. The van der Waals surface area contributed by atoms with E-state index in [4.69, 9.17) is 4.42 Å². The molecule has 0 amide bonds. The lowest BCUT2D eigenvalue weighted by molar-refractivity contribution is 0.218. The number of aromatic nitrogens is 2. The fourth-order valence-corrected chi connectivity index (χ4v) is 1.80. The molecule has 0 radical (unpaired) electrons. The largest absolute Gasteiger partial charge is 0.466 e. The number of furan rings is 1. The molecule has 0 aliphatic carbocycles. The van der Waals surface area contributed by atoms with E-state index in [2.05, 4.69) is 5.10 Å². The van der Waals surface area contributed by atoms with Crippen LogP contribution in [0.25, 0.3) is 0 Å². The first-order chi connectivity index (χ1) is 7.61. The van der Waals surface area contributed by atoms with E-state index in [-0.39, 0.29) is 0 Å². The van der Waals surface area contributed by atoms with Crippen molar-refractivity contribution in [3.8, 4) is 0 Å². The lowest BCUT2D eigenvalue weighted by Crippen LogP contribution is -1.99. The molecule has 0 saturated carbocycles. The van der Waals surface area contributed by atoms with Gasteiger partial charge in [-0.2, -0.15) is 5.10 Å². The molecule has 1 atom stereocenters. The lowest BCUT2D eigenvalue weighted by atomic mass is 10.1. The average molecular weight is 220 g/mol. The quantitative estimate of drug-likeness (QED) is 0.862. The second-order valence-electron chi connectivity index (χ2n) is 3.90. The van der Waals surface area contributed by atoms with E-state index < -0.39 is 6.10 Å². The van der Waals surface area contributed by atoms with Crippen molar-refractivity contribution in [1.29, 1.82) is 0 Å². The van der Waals surface area contributed by atoms with Gasteiger partial charge in [-0.3, -0.25) is 4.68 Å². The predicted octanol–water partition coefficient (Wildman–Crippen LogP) is 2.19. The van der Waals surface area contributed by atoms with Crippen LogP contribution in [0.2, 0.25) is 0 Å². The van der Waals surface area contributed by atoms with E-state index in [0.29, 0.717) is 0 Å². The van der Waals surface area contributed by atoms with Gasteiger partial charge in [0, 0.05) is 23.9 Å². The Balaban J connectivity index is 2.31. The van der Waals surface area contributed by atoms with Crippen molar-refractivity contribution in [2.75, 3.05) is 0 Å². The third-order valence-corrected chi connectivity index (χ3v) is 2.67. The number of hydrogen-bond acceptors (Lipinski definition) is 3. The number of aliphatic hydroxyl groups is 1. The summed E-state index contributed by atoms with van der Waals surface area (Å²) in [7, 11) is 0. The molecule has 4 heteroatoms. The van der Waals surface area contributed by atoms with Gasteiger partial charge in [0.15, 0.2) is 0 Å². The maximum absolute atomic E-state index is 10.2. The van der Waals surface area contributed by atoms with Gasteiger partial charge in [0.05, 0.1) is 6.20 Å². The van der Waals surface area contributed by atoms with Crippen LogP contribution >= 0.6 is 0 Å². The van der Waals surface area contributed by atoms with Crippen molar-refractivity contribution in [3.63, 3.8) is 0 Å². The SMILES string of the molecule is CCn1cc(C(O)c2cc(C)oc2C)cn1. The molecule has 2 aromatic rings. The summed E-state index contributed by atoms with van der Waals surface area (Å²) in [6.07, 6.45) is 2.89. The number of aliphatic hydroxyl groups excluding tert-OH is 1. The molecule has 0 aromatic carbocycles. The van der Waals surface area contributed by atoms with Gasteiger partial charge < -0.3 is 9.52 Å². The number of nitrogens with zero attached hydrogens (tertiary/aromatic N) is 2. The van der Waals surface area contributed by atoms with Crippen LogP contribution in [0.4, 0.5) is 0 Å². The minimum Gasteiger partial charge on any atom is -0.466 e. The number of hydrogen-bond donors (Lipinski definition) is 1. The van der Waals surface area contributed by atoms with E-state index in [9.17, 15) is 5.11 Å². The molecule has 1 unspecified atom stereocenters. The van der Waals surface area contributed by atoms with Crippen LogP contribution < -0.4 is 0 Å². The summed E-state index contributed by atoms with van der Waals surface area (Å²) in [5.41, 5.74) is 1.61. The van der Waals surface area contributed by atoms with Crippen LogP contribution in [0.15, 0.2) is 22.9 Å². The Bertz CT molecular complexity index is 485. The van der Waals surface area contributed by atoms with Crippen molar-refractivity contribution in [3.05, 3.63) is 41.1 Å². The van der Waals surface area contributed by atoms with Crippen LogP contribution in [0.3, 0.4) is 0 Å². The molecule has 0 fully saturated rings. The molecule has 0 saturated heterocycles. The second-order valence-corrected chi connectivity index (χ2v) is 3.90. The van der Waals surface area contributed by atoms with E-state index in [0.717, 1.165) is 29.2 Å². The molecule has 0 aliphatic heterocycles. The zero-order chi connectivity index (χ0) is 11.7. The van der Waals surface area contributed by atoms with E-state index in [1.807, 2.05) is 33.0 Å². The zero-order valence-corrected chi connectivity index (χ0v) is 9.77. The van der Waals surface area contributed by atoms with Crippen LogP contribution in [0.1, 0.15) is 35.7 Å². The fourth-order valence-electron chi connectivity index (χ4n) is 1.80. The summed E-state index contributed by atoms with van der Waals surface area (Å²) in [4.78, 5) is 0. The van der Waals surface area contributed by atoms with Gasteiger partial charge in [0.1, 0.15) is 17.6 Å². The smallest absolute Gasteiger partial charge is 0.110 e. The van der Waals surface area contributed by atoms with Crippen molar-refractivity contribution in [1.82, 2.24) is 9.78 Å². The Labute approximate surface area is 94.5 Å². The van der Waals surface area contributed by atoms with E-state index >= 15 is 0 Å². The van der Waals surface area contributed by atoms with Gasteiger partial charge in [-0.25, -0.2) is 0 Å². The molecule has 0 aliphatic rings. The molecule has 16 heavy (non-hydrogen) atoms. The highest BCUT2D eigenvalue weighted by molar-refractivity contribution is 5.30. The highest BCUT2D eigenvalue weighted by Gasteiger charge is 2.17. The van der Waals surface area contributed by atoms with Crippen LogP contribution in [-0.2, 0) is 6.54 Å². The molecule has 0 spiro atoms. The van der Waals surface area contributed by atoms with Gasteiger partial charge in [0.25, 0.3) is 0 Å². The van der Waals surface area contributed by atoms with Crippen molar-refractivity contribution in [2.24, 2.45) is 0 Å². The molecular weight excluding hydrogens is 204 g/mol. The second kappa shape index (κ2) is 4.14. The van der Waals surface area contributed by atoms with Gasteiger partial charge in [-0.05, 0) is 26.8 Å².